The second kappa shape index (κ2) is 11.5. The predicted octanol–water partition coefficient (Wildman–Crippen LogP) is 1.67. The van der Waals surface area contributed by atoms with Gasteiger partial charge in [-0.05, 0) is 53.5 Å². The van der Waals surface area contributed by atoms with Crippen LogP contribution in [0.3, 0.4) is 0 Å². The Morgan fingerprint density at radius 1 is 1.05 bits per heavy atom. The highest BCUT2D eigenvalue weighted by Gasteiger charge is 2.15. The molecule has 6 heteroatoms. The fraction of sp³-hybridized carbons (Fsp3) is 0.867. The molecule has 6 nitrogen and oxygen atoms in total. The second-order valence-electron chi connectivity index (χ2n) is 5.68. The van der Waals surface area contributed by atoms with Gasteiger partial charge >= 0.3 is 11.9 Å². The molecule has 124 valence electrons. The summed E-state index contributed by atoms with van der Waals surface area (Å²) in [4.78, 5) is 22.4. The number of nitrogens with one attached hydrogen (secondary N) is 1. The molecule has 0 spiro atoms. The minimum absolute atomic E-state index is 0.0186. The number of ether oxygens (including phenoxy) is 3. The Labute approximate surface area is 127 Å². The van der Waals surface area contributed by atoms with E-state index >= 15 is 0 Å². The summed E-state index contributed by atoms with van der Waals surface area (Å²) in [6.45, 7) is 9.25. The lowest BCUT2D eigenvalue weighted by molar-refractivity contribution is -0.153. The Morgan fingerprint density at radius 3 is 2.38 bits per heavy atom. The van der Waals surface area contributed by atoms with Gasteiger partial charge in [0.1, 0.15) is 12.2 Å². The first-order chi connectivity index (χ1) is 9.85. The smallest absolute Gasteiger partial charge is 0.332 e. The lowest BCUT2D eigenvalue weighted by Crippen LogP contribution is -2.31. The zero-order chi connectivity index (χ0) is 16.1. The largest absolute Gasteiger partial charge is 0.464 e. The SMILES string of the molecule is CCOC(=O)COCCCCCNCC(=O)OC(C)(C)C. The Bertz CT molecular complexity index is 299. The van der Waals surface area contributed by atoms with Crippen LogP contribution in [0.2, 0.25) is 0 Å². The number of rotatable bonds is 11. The van der Waals surface area contributed by atoms with Crippen molar-refractivity contribution < 1.29 is 23.8 Å². The zero-order valence-corrected chi connectivity index (χ0v) is 13.7. The van der Waals surface area contributed by atoms with Gasteiger partial charge in [-0.15, -0.1) is 0 Å². The minimum atomic E-state index is -0.435. The molecule has 0 aliphatic rings. The van der Waals surface area contributed by atoms with Crippen LogP contribution in [-0.4, -0.2) is 50.4 Å². The molecule has 0 unspecified atom stereocenters. The van der Waals surface area contributed by atoms with Crippen LogP contribution in [0.1, 0.15) is 47.0 Å². The molecule has 0 heterocycles. The van der Waals surface area contributed by atoms with E-state index in [9.17, 15) is 9.59 Å². The molecular formula is C15H29NO5. The number of unbranched alkanes of at least 4 members (excludes halogenated alkanes) is 2. The Hall–Kier alpha value is -1.14. The number of esters is 2. The summed E-state index contributed by atoms with van der Waals surface area (Å²) < 4.78 is 15.1. The molecule has 0 bridgehead atoms. The van der Waals surface area contributed by atoms with Gasteiger partial charge in [-0.3, -0.25) is 4.79 Å². The van der Waals surface area contributed by atoms with Gasteiger partial charge in [0, 0.05) is 6.61 Å². The van der Waals surface area contributed by atoms with Crippen LogP contribution in [0.5, 0.6) is 0 Å². The molecule has 0 aromatic carbocycles. The summed E-state index contributed by atoms with van der Waals surface area (Å²) in [7, 11) is 0. The highest BCUT2D eigenvalue weighted by molar-refractivity contribution is 5.72. The van der Waals surface area contributed by atoms with E-state index in [-0.39, 0.29) is 25.1 Å². The summed E-state index contributed by atoms with van der Waals surface area (Å²) in [6, 6.07) is 0. The predicted molar refractivity (Wildman–Crippen MR) is 80.0 cm³/mol. The monoisotopic (exact) mass is 303 g/mol. The Kier molecular flexibility index (Phi) is 10.9. The third kappa shape index (κ3) is 15.1. The van der Waals surface area contributed by atoms with Crippen molar-refractivity contribution in [2.24, 2.45) is 0 Å². The molecule has 1 N–H and O–H groups in total. The molecule has 0 aliphatic carbocycles. The number of hydrogen-bond acceptors (Lipinski definition) is 6. The summed E-state index contributed by atoms with van der Waals surface area (Å²) >= 11 is 0. The maximum Gasteiger partial charge on any atom is 0.332 e. The molecule has 0 fully saturated rings. The molecule has 0 saturated carbocycles. The van der Waals surface area contributed by atoms with Crippen LogP contribution in [0.4, 0.5) is 0 Å². The first kappa shape index (κ1) is 19.9. The highest BCUT2D eigenvalue weighted by Crippen LogP contribution is 2.06. The lowest BCUT2D eigenvalue weighted by atomic mass is 10.2. The summed E-state index contributed by atoms with van der Waals surface area (Å²) in [5.74, 6) is -0.559. The normalized spacial score (nSPS) is 11.2. The average Bonchev–Trinajstić information content (AvgIpc) is 2.35. The van der Waals surface area contributed by atoms with Gasteiger partial charge in [0.2, 0.25) is 0 Å². The van der Waals surface area contributed by atoms with E-state index in [0.29, 0.717) is 13.2 Å². The molecule has 0 amide bonds. The topological polar surface area (TPSA) is 73.9 Å². The van der Waals surface area contributed by atoms with Gasteiger partial charge in [0.25, 0.3) is 0 Å². The molecule has 0 aromatic rings. The van der Waals surface area contributed by atoms with Crippen molar-refractivity contribution in [3.05, 3.63) is 0 Å². The maximum atomic E-state index is 11.4. The van der Waals surface area contributed by atoms with E-state index in [0.717, 1.165) is 25.8 Å². The fourth-order valence-electron chi connectivity index (χ4n) is 1.56. The van der Waals surface area contributed by atoms with E-state index < -0.39 is 5.60 Å². The first-order valence-corrected chi connectivity index (χ1v) is 7.51. The third-order valence-electron chi connectivity index (χ3n) is 2.36. The summed E-state index contributed by atoms with van der Waals surface area (Å²) in [5.41, 5.74) is -0.435. The van der Waals surface area contributed by atoms with E-state index in [1.165, 1.54) is 0 Å². The Balaban J connectivity index is 3.30. The summed E-state index contributed by atoms with van der Waals surface area (Å²) in [5, 5.41) is 3.04. The van der Waals surface area contributed by atoms with Crippen LogP contribution in [-0.2, 0) is 23.8 Å². The van der Waals surface area contributed by atoms with Crippen molar-refractivity contribution in [1.29, 1.82) is 0 Å². The molecular weight excluding hydrogens is 274 g/mol. The van der Waals surface area contributed by atoms with Crippen molar-refractivity contribution in [3.63, 3.8) is 0 Å². The van der Waals surface area contributed by atoms with Crippen molar-refractivity contribution in [1.82, 2.24) is 5.32 Å². The first-order valence-electron chi connectivity index (χ1n) is 7.51. The van der Waals surface area contributed by atoms with Gasteiger partial charge in [0.15, 0.2) is 0 Å². The van der Waals surface area contributed by atoms with Crippen molar-refractivity contribution in [2.45, 2.75) is 52.6 Å². The standard InChI is InChI=1S/C15H29NO5/c1-5-20-14(18)12-19-10-8-6-7-9-16-11-13(17)21-15(2,3)4/h16H,5-12H2,1-4H3. The molecule has 0 atom stereocenters. The average molecular weight is 303 g/mol. The molecule has 0 rings (SSSR count). The van der Waals surface area contributed by atoms with Crippen LogP contribution < -0.4 is 5.32 Å². The summed E-state index contributed by atoms with van der Waals surface area (Å²) in [6.07, 6.45) is 2.81. The van der Waals surface area contributed by atoms with Gasteiger partial charge < -0.3 is 19.5 Å². The van der Waals surface area contributed by atoms with Gasteiger partial charge in [0.05, 0.1) is 13.2 Å². The number of carbonyl (C=O) groups is 2. The van der Waals surface area contributed by atoms with Crippen LogP contribution >= 0.6 is 0 Å². The zero-order valence-electron chi connectivity index (χ0n) is 13.7. The Morgan fingerprint density at radius 2 is 1.76 bits per heavy atom. The molecule has 0 radical (unpaired) electrons. The number of carbonyl (C=O) groups excluding carboxylic acids is 2. The van der Waals surface area contributed by atoms with E-state index in [4.69, 9.17) is 14.2 Å². The maximum absolute atomic E-state index is 11.4. The highest BCUT2D eigenvalue weighted by atomic mass is 16.6. The molecule has 21 heavy (non-hydrogen) atoms. The van der Waals surface area contributed by atoms with Gasteiger partial charge in [-0.1, -0.05) is 0 Å². The van der Waals surface area contributed by atoms with Crippen molar-refractivity contribution >= 4 is 11.9 Å². The van der Waals surface area contributed by atoms with Gasteiger partial charge in [-0.25, -0.2) is 4.79 Å². The van der Waals surface area contributed by atoms with Crippen molar-refractivity contribution in [3.8, 4) is 0 Å². The van der Waals surface area contributed by atoms with Gasteiger partial charge in [-0.2, -0.15) is 0 Å². The van der Waals surface area contributed by atoms with E-state index in [2.05, 4.69) is 5.32 Å². The van der Waals surface area contributed by atoms with E-state index in [1.54, 1.807) is 6.92 Å². The van der Waals surface area contributed by atoms with Crippen LogP contribution in [0.15, 0.2) is 0 Å². The quantitative estimate of drug-likeness (QED) is 0.462. The lowest BCUT2D eigenvalue weighted by Gasteiger charge is -2.19. The molecule has 0 aliphatic heterocycles. The molecule has 0 aromatic heterocycles. The molecule has 0 saturated heterocycles. The third-order valence-corrected chi connectivity index (χ3v) is 2.36. The minimum Gasteiger partial charge on any atom is -0.464 e. The van der Waals surface area contributed by atoms with Crippen LogP contribution in [0, 0.1) is 0 Å². The van der Waals surface area contributed by atoms with Crippen molar-refractivity contribution in [2.75, 3.05) is 32.9 Å². The van der Waals surface area contributed by atoms with Crippen LogP contribution in [0.25, 0.3) is 0 Å². The number of hydrogen-bond donors (Lipinski definition) is 1. The van der Waals surface area contributed by atoms with E-state index in [1.807, 2.05) is 20.8 Å². The fourth-order valence-corrected chi connectivity index (χ4v) is 1.56. The second-order valence-corrected chi connectivity index (χ2v) is 5.68.